The van der Waals surface area contributed by atoms with Gasteiger partial charge < -0.3 is 14.6 Å². The molecule has 0 saturated heterocycles. The summed E-state index contributed by atoms with van der Waals surface area (Å²) >= 11 is 0. The summed E-state index contributed by atoms with van der Waals surface area (Å²) in [5, 5.41) is 12.6. The van der Waals surface area contributed by atoms with Crippen LogP contribution in [-0.4, -0.2) is 18.3 Å². The van der Waals surface area contributed by atoms with E-state index in [-0.39, 0.29) is 11.9 Å². The Morgan fingerprint density at radius 3 is 2.65 bits per heavy atom. The summed E-state index contributed by atoms with van der Waals surface area (Å²) in [5.41, 5.74) is 1.54. The number of ether oxygens (including phenoxy) is 2. The molecule has 0 bridgehead atoms. The first-order valence-corrected chi connectivity index (χ1v) is 9.15. The summed E-state index contributed by atoms with van der Waals surface area (Å²) in [5.74, 6) is 7.81. The highest BCUT2D eigenvalue weighted by Gasteiger charge is 2.20. The normalized spacial score (nSPS) is 10.5. The Kier molecular flexibility index (Phi) is 6.97. The fourth-order valence-corrected chi connectivity index (χ4v) is 2.87. The molecule has 0 saturated carbocycles. The minimum Gasteiger partial charge on any atom is -0.506 e. The predicted octanol–water partition coefficient (Wildman–Crippen LogP) is 5.61. The van der Waals surface area contributed by atoms with Gasteiger partial charge in [-0.2, -0.15) is 0 Å². The highest BCUT2D eigenvalue weighted by molar-refractivity contribution is 5.96. The minimum atomic E-state index is -0.0233. The van der Waals surface area contributed by atoms with Gasteiger partial charge in [0, 0.05) is 17.4 Å². The van der Waals surface area contributed by atoms with Crippen LogP contribution in [0.2, 0.25) is 0 Å². The van der Waals surface area contributed by atoms with Gasteiger partial charge in [0.1, 0.15) is 22.8 Å². The third kappa shape index (κ3) is 4.32. The first-order chi connectivity index (χ1) is 12.5. The van der Waals surface area contributed by atoms with E-state index in [1.54, 1.807) is 7.11 Å². The molecule has 0 spiro atoms. The number of hydrogen-bond donors (Lipinski definition) is 1. The Hall–Kier alpha value is -2.60. The lowest BCUT2D eigenvalue weighted by molar-refractivity contribution is 0.239. The van der Waals surface area contributed by atoms with Gasteiger partial charge in [-0.1, -0.05) is 37.3 Å². The molecule has 2 rings (SSSR count). The third-order valence-corrected chi connectivity index (χ3v) is 4.12. The molecule has 138 valence electrons. The monoisotopic (exact) mass is 352 g/mol. The zero-order valence-electron chi connectivity index (χ0n) is 16.2. The largest absolute Gasteiger partial charge is 0.506 e. The molecule has 26 heavy (non-hydrogen) atoms. The number of phenolic OH excluding ortho intramolecular Hbond substituents is 1. The van der Waals surface area contributed by atoms with Gasteiger partial charge in [-0.05, 0) is 44.2 Å². The minimum absolute atomic E-state index is 0.0233. The average Bonchev–Trinajstić information content (AvgIpc) is 2.63. The van der Waals surface area contributed by atoms with Gasteiger partial charge >= 0.3 is 0 Å². The molecule has 0 fully saturated rings. The number of hydrogen-bond acceptors (Lipinski definition) is 3. The van der Waals surface area contributed by atoms with Gasteiger partial charge in [-0.15, -0.1) is 6.58 Å². The summed E-state index contributed by atoms with van der Waals surface area (Å²) in [6.45, 7) is 9.96. The van der Waals surface area contributed by atoms with E-state index in [0.717, 1.165) is 35.6 Å². The molecule has 0 aromatic heterocycles. The van der Waals surface area contributed by atoms with E-state index in [0.29, 0.717) is 23.5 Å². The van der Waals surface area contributed by atoms with Crippen molar-refractivity contribution in [3.63, 3.8) is 0 Å². The van der Waals surface area contributed by atoms with E-state index in [4.69, 9.17) is 9.47 Å². The topological polar surface area (TPSA) is 38.7 Å². The van der Waals surface area contributed by atoms with Crippen molar-refractivity contribution in [3.8, 4) is 29.1 Å². The number of methoxy groups -OCH3 is 1. The molecule has 3 heteroatoms. The van der Waals surface area contributed by atoms with Gasteiger partial charge in [0.15, 0.2) is 0 Å². The van der Waals surface area contributed by atoms with Crippen LogP contribution in [0, 0.1) is 11.8 Å². The Labute approximate surface area is 156 Å². The lowest BCUT2D eigenvalue weighted by atomic mass is 9.95. The number of fused-ring (bicyclic) bond motifs is 1. The van der Waals surface area contributed by atoms with Crippen LogP contribution in [0.4, 0.5) is 0 Å². The Balaban J connectivity index is 2.78. The van der Waals surface area contributed by atoms with Crippen molar-refractivity contribution < 1.29 is 14.6 Å². The van der Waals surface area contributed by atoms with Gasteiger partial charge in [-0.25, -0.2) is 0 Å². The van der Waals surface area contributed by atoms with Crippen molar-refractivity contribution in [2.75, 3.05) is 7.11 Å². The van der Waals surface area contributed by atoms with E-state index in [1.165, 1.54) is 0 Å². The van der Waals surface area contributed by atoms with E-state index < -0.39 is 0 Å². The van der Waals surface area contributed by atoms with Crippen molar-refractivity contribution in [2.45, 2.75) is 52.6 Å². The van der Waals surface area contributed by atoms with Crippen LogP contribution in [0.1, 0.15) is 51.2 Å². The van der Waals surface area contributed by atoms with Crippen molar-refractivity contribution in [3.05, 3.63) is 42.0 Å². The summed E-state index contributed by atoms with van der Waals surface area (Å²) in [6, 6.07) is 5.68. The van der Waals surface area contributed by atoms with Crippen molar-refractivity contribution in [1.29, 1.82) is 0 Å². The SMILES string of the molecule is C=CCc1c(OC(C)C)c(C#CCCCC)c(O)c2cc(OC)ccc12. The number of phenols is 1. The summed E-state index contributed by atoms with van der Waals surface area (Å²) < 4.78 is 11.4. The predicted molar refractivity (Wildman–Crippen MR) is 108 cm³/mol. The summed E-state index contributed by atoms with van der Waals surface area (Å²) in [6.07, 6.45) is 5.38. The number of rotatable bonds is 7. The maximum atomic E-state index is 10.9. The lowest BCUT2D eigenvalue weighted by Crippen LogP contribution is -2.09. The van der Waals surface area contributed by atoms with E-state index in [1.807, 2.05) is 38.1 Å². The second kappa shape index (κ2) is 9.20. The van der Waals surface area contributed by atoms with Crippen LogP contribution < -0.4 is 9.47 Å². The molecular weight excluding hydrogens is 324 g/mol. The molecular formula is C23H28O3. The Morgan fingerprint density at radius 2 is 2.04 bits per heavy atom. The molecule has 0 amide bonds. The molecule has 0 atom stereocenters. The van der Waals surface area contributed by atoms with Crippen LogP contribution >= 0.6 is 0 Å². The van der Waals surface area contributed by atoms with Crippen LogP contribution in [0.3, 0.4) is 0 Å². The van der Waals surface area contributed by atoms with Gasteiger partial charge in [0.05, 0.1) is 13.2 Å². The van der Waals surface area contributed by atoms with Crippen LogP contribution in [0.15, 0.2) is 30.9 Å². The van der Waals surface area contributed by atoms with E-state index in [2.05, 4.69) is 25.3 Å². The molecule has 0 aliphatic rings. The number of unbranched alkanes of at least 4 members (excludes halogenated alkanes) is 2. The first kappa shape index (κ1) is 19.7. The van der Waals surface area contributed by atoms with Crippen molar-refractivity contribution >= 4 is 10.8 Å². The maximum absolute atomic E-state index is 10.9. The van der Waals surface area contributed by atoms with Gasteiger partial charge in [-0.3, -0.25) is 0 Å². The molecule has 2 aromatic carbocycles. The quantitative estimate of drug-likeness (QED) is 0.400. The van der Waals surface area contributed by atoms with E-state index in [9.17, 15) is 5.11 Å². The third-order valence-electron chi connectivity index (χ3n) is 4.12. The zero-order valence-corrected chi connectivity index (χ0v) is 16.2. The van der Waals surface area contributed by atoms with Crippen LogP contribution in [0.5, 0.6) is 17.2 Å². The van der Waals surface area contributed by atoms with Crippen LogP contribution in [-0.2, 0) is 6.42 Å². The highest BCUT2D eigenvalue weighted by Crippen LogP contribution is 2.42. The number of allylic oxidation sites excluding steroid dienone is 1. The molecule has 0 radical (unpaired) electrons. The average molecular weight is 352 g/mol. The van der Waals surface area contributed by atoms with Gasteiger partial charge in [0.2, 0.25) is 0 Å². The second-order valence-electron chi connectivity index (χ2n) is 6.51. The zero-order chi connectivity index (χ0) is 19.1. The number of aromatic hydroxyl groups is 1. The molecule has 0 aliphatic heterocycles. The molecule has 3 nitrogen and oxygen atoms in total. The Bertz CT molecular complexity index is 838. The summed E-state index contributed by atoms with van der Waals surface area (Å²) in [7, 11) is 1.62. The van der Waals surface area contributed by atoms with E-state index >= 15 is 0 Å². The second-order valence-corrected chi connectivity index (χ2v) is 6.51. The fraction of sp³-hybridized carbons (Fsp3) is 0.391. The van der Waals surface area contributed by atoms with Crippen molar-refractivity contribution in [1.82, 2.24) is 0 Å². The molecule has 0 aliphatic carbocycles. The number of benzene rings is 2. The molecule has 1 N–H and O–H groups in total. The Morgan fingerprint density at radius 1 is 1.27 bits per heavy atom. The molecule has 0 unspecified atom stereocenters. The first-order valence-electron chi connectivity index (χ1n) is 9.15. The maximum Gasteiger partial charge on any atom is 0.143 e. The smallest absolute Gasteiger partial charge is 0.143 e. The van der Waals surface area contributed by atoms with Gasteiger partial charge in [0.25, 0.3) is 0 Å². The molecule has 2 aromatic rings. The lowest BCUT2D eigenvalue weighted by Gasteiger charge is -2.19. The van der Waals surface area contributed by atoms with Crippen molar-refractivity contribution in [2.24, 2.45) is 0 Å². The highest BCUT2D eigenvalue weighted by atomic mass is 16.5. The fourth-order valence-electron chi connectivity index (χ4n) is 2.87. The standard InChI is InChI=1S/C23H28O3/c1-6-8-9-10-12-20-22(24)21-15-17(25-5)13-14-18(21)19(11-7-2)23(20)26-16(3)4/h7,13-16,24H,2,6,8-9,11H2,1,3-5H3. The van der Waals surface area contributed by atoms with Crippen LogP contribution in [0.25, 0.3) is 10.8 Å². The molecule has 0 heterocycles. The summed E-state index contributed by atoms with van der Waals surface area (Å²) in [4.78, 5) is 0.